The average molecular weight is 675 g/mol. The van der Waals surface area contributed by atoms with Gasteiger partial charge in [0.25, 0.3) is 0 Å². The van der Waals surface area contributed by atoms with Crippen LogP contribution >= 0.6 is 0 Å². The standard InChI is InChI=1S/C46H50N4O/c1-6-8-11-16-32(3)37-22-25-43-42(29-37)41-24-23-40(31-44(41)49(43)45-28-35(26-27-47-45)17-12-9-7-2)51-39-21-15-20-38(30-39)50-34(5)46(33(4)48-50)36-18-13-10-14-19-36/h10,13-15,18-32H,6-9,11-12,16-17H2,1-5H3. The van der Waals surface area contributed by atoms with E-state index in [9.17, 15) is 0 Å². The molecule has 7 aromatic rings. The smallest absolute Gasteiger partial charge is 0.137 e. The van der Waals surface area contributed by atoms with Crippen molar-refractivity contribution in [1.29, 1.82) is 0 Å². The molecule has 0 radical (unpaired) electrons. The van der Waals surface area contributed by atoms with Gasteiger partial charge in [0.05, 0.1) is 22.4 Å². The summed E-state index contributed by atoms with van der Waals surface area (Å²) < 4.78 is 11.0. The van der Waals surface area contributed by atoms with Gasteiger partial charge >= 0.3 is 0 Å². The summed E-state index contributed by atoms with van der Waals surface area (Å²) in [7, 11) is 0. The second-order valence-corrected chi connectivity index (χ2v) is 14.1. The Morgan fingerprint density at radius 1 is 0.706 bits per heavy atom. The molecule has 0 saturated heterocycles. The zero-order valence-corrected chi connectivity index (χ0v) is 30.8. The molecule has 3 heterocycles. The molecule has 260 valence electrons. The topological polar surface area (TPSA) is 44.9 Å². The van der Waals surface area contributed by atoms with Crippen molar-refractivity contribution < 1.29 is 4.74 Å². The number of hydrogen-bond donors (Lipinski definition) is 0. The van der Waals surface area contributed by atoms with Gasteiger partial charge in [-0.25, -0.2) is 9.67 Å². The third-order valence-electron chi connectivity index (χ3n) is 10.3. The van der Waals surface area contributed by atoms with Crippen LogP contribution in [0.5, 0.6) is 11.5 Å². The van der Waals surface area contributed by atoms with Crippen molar-refractivity contribution in [2.75, 3.05) is 0 Å². The first-order valence-corrected chi connectivity index (χ1v) is 18.9. The molecule has 0 saturated carbocycles. The Hall–Kier alpha value is -5.16. The van der Waals surface area contributed by atoms with E-state index in [-0.39, 0.29) is 0 Å². The summed E-state index contributed by atoms with van der Waals surface area (Å²) in [6, 6.07) is 36.7. The first-order valence-electron chi connectivity index (χ1n) is 18.9. The van der Waals surface area contributed by atoms with E-state index < -0.39 is 0 Å². The minimum Gasteiger partial charge on any atom is -0.457 e. The maximum absolute atomic E-state index is 6.63. The number of rotatable bonds is 14. The van der Waals surface area contributed by atoms with E-state index in [0.29, 0.717) is 5.92 Å². The number of pyridine rings is 1. The largest absolute Gasteiger partial charge is 0.457 e. The van der Waals surface area contributed by atoms with E-state index in [4.69, 9.17) is 14.8 Å². The molecule has 51 heavy (non-hydrogen) atoms. The fourth-order valence-electron chi connectivity index (χ4n) is 7.55. The SMILES string of the molecule is CCCCCc1ccnc(-n2c3ccc(C(C)CCCCC)cc3c3ccc(Oc4cccc(-n5nc(C)c(-c6ccccc6)c5C)c4)cc32)c1. The van der Waals surface area contributed by atoms with Crippen LogP contribution in [0.4, 0.5) is 0 Å². The highest BCUT2D eigenvalue weighted by molar-refractivity contribution is 6.09. The Balaban J connectivity index is 1.27. The van der Waals surface area contributed by atoms with Crippen LogP contribution in [0, 0.1) is 13.8 Å². The number of aromatic nitrogens is 4. The predicted molar refractivity (Wildman–Crippen MR) is 213 cm³/mol. The maximum atomic E-state index is 6.63. The molecular weight excluding hydrogens is 625 g/mol. The fourth-order valence-corrected chi connectivity index (χ4v) is 7.55. The zero-order valence-electron chi connectivity index (χ0n) is 30.8. The van der Waals surface area contributed by atoms with Crippen molar-refractivity contribution in [2.45, 2.75) is 91.9 Å². The summed E-state index contributed by atoms with van der Waals surface area (Å²) in [5, 5.41) is 7.41. The summed E-state index contributed by atoms with van der Waals surface area (Å²) in [5.74, 6) is 3.02. The van der Waals surface area contributed by atoms with Crippen LogP contribution in [0.3, 0.4) is 0 Å². The van der Waals surface area contributed by atoms with Gasteiger partial charge in [0.1, 0.15) is 17.3 Å². The summed E-state index contributed by atoms with van der Waals surface area (Å²) >= 11 is 0. The molecule has 0 amide bonds. The van der Waals surface area contributed by atoms with Gasteiger partial charge in [0.15, 0.2) is 0 Å². The Labute approximate surface area is 302 Å². The highest BCUT2D eigenvalue weighted by atomic mass is 16.5. The lowest BCUT2D eigenvalue weighted by molar-refractivity contribution is 0.482. The highest BCUT2D eigenvalue weighted by Gasteiger charge is 2.18. The molecule has 5 heteroatoms. The second kappa shape index (κ2) is 15.4. The van der Waals surface area contributed by atoms with E-state index in [1.165, 1.54) is 83.5 Å². The molecule has 3 aromatic heterocycles. The Morgan fingerprint density at radius 2 is 1.51 bits per heavy atom. The quantitative estimate of drug-likeness (QED) is 0.108. The molecule has 0 aliphatic heterocycles. The normalized spacial score (nSPS) is 12.2. The maximum Gasteiger partial charge on any atom is 0.137 e. The van der Waals surface area contributed by atoms with E-state index in [0.717, 1.165) is 46.3 Å². The minimum absolute atomic E-state index is 0.514. The molecule has 0 N–H and O–H groups in total. The summed E-state index contributed by atoms with van der Waals surface area (Å²) in [6.45, 7) is 11.1. The highest BCUT2D eigenvalue weighted by Crippen LogP contribution is 2.38. The molecule has 1 unspecified atom stereocenters. The van der Waals surface area contributed by atoms with Gasteiger partial charge in [0, 0.05) is 40.4 Å². The lowest BCUT2D eigenvalue weighted by Gasteiger charge is -2.13. The van der Waals surface area contributed by atoms with Gasteiger partial charge in [-0.2, -0.15) is 5.10 Å². The van der Waals surface area contributed by atoms with Gasteiger partial charge in [-0.1, -0.05) is 95.3 Å². The number of aryl methyl sites for hydroxylation is 2. The molecule has 7 rings (SSSR count). The van der Waals surface area contributed by atoms with Crippen molar-refractivity contribution in [1.82, 2.24) is 19.3 Å². The van der Waals surface area contributed by atoms with Crippen molar-refractivity contribution >= 4 is 21.8 Å². The fraction of sp³-hybridized carbons (Fsp3) is 0.304. The third-order valence-corrected chi connectivity index (χ3v) is 10.3. The Morgan fingerprint density at radius 3 is 2.33 bits per heavy atom. The van der Waals surface area contributed by atoms with Crippen molar-refractivity contribution in [3.63, 3.8) is 0 Å². The Bertz CT molecular complexity index is 2260. The number of hydrogen-bond acceptors (Lipinski definition) is 3. The predicted octanol–water partition coefficient (Wildman–Crippen LogP) is 12.9. The van der Waals surface area contributed by atoms with Crippen molar-refractivity contribution in [3.8, 4) is 34.1 Å². The second-order valence-electron chi connectivity index (χ2n) is 14.1. The molecule has 1 atom stereocenters. The van der Waals surface area contributed by atoms with Crippen LogP contribution in [0.15, 0.2) is 109 Å². The number of benzene rings is 4. The molecule has 0 spiro atoms. The van der Waals surface area contributed by atoms with Crippen LogP contribution < -0.4 is 4.74 Å². The molecule has 0 aliphatic rings. The zero-order chi connectivity index (χ0) is 35.3. The van der Waals surface area contributed by atoms with Crippen molar-refractivity contribution in [2.24, 2.45) is 0 Å². The van der Waals surface area contributed by atoms with Gasteiger partial charge < -0.3 is 4.74 Å². The van der Waals surface area contributed by atoms with Crippen LogP contribution in [-0.4, -0.2) is 19.3 Å². The van der Waals surface area contributed by atoms with Crippen LogP contribution in [0.2, 0.25) is 0 Å². The lowest BCUT2D eigenvalue weighted by atomic mass is 9.94. The number of nitrogens with zero attached hydrogens (tertiary/aromatic N) is 4. The monoisotopic (exact) mass is 674 g/mol. The van der Waals surface area contributed by atoms with E-state index >= 15 is 0 Å². The van der Waals surface area contributed by atoms with Gasteiger partial charge in [-0.15, -0.1) is 0 Å². The molecule has 4 aromatic carbocycles. The minimum atomic E-state index is 0.514. The lowest BCUT2D eigenvalue weighted by Crippen LogP contribution is -2.00. The van der Waals surface area contributed by atoms with Gasteiger partial charge in [-0.05, 0) is 104 Å². The first kappa shape index (κ1) is 34.3. The first-order chi connectivity index (χ1) is 24.9. The molecule has 0 fully saturated rings. The van der Waals surface area contributed by atoms with Crippen molar-refractivity contribution in [3.05, 3.63) is 132 Å². The Kier molecular flexibility index (Phi) is 10.3. The molecular formula is C46H50N4O. The van der Waals surface area contributed by atoms with Gasteiger partial charge in [-0.3, -0.25) is 4.57 Å². The third kappa shape index (κ3) is 7.21. The number of fused-ring (bicyclic) bond motifs is 3. The average Bonchev–Trinajstić information content (AvgIpc) is 3.64. The molecule has 0 aliphatic carbocycles. The van der Waals surface area contributed by atoms with Gasteiger partial charge in [0.2, 0.25) is 0 Å². The number of ether oxygens (including phenoxy) is 1. The van der Waals surface area contributed by atoms with E-state index in [2.05, 4.69) is 124 Å². The van der Waals surface area contributed by atoms with Crippen LogP contribution in [-0.2, 0) is 6.42 Å². The van der Waals surface area contributed by atoms with E-state index in [1.807, 2.05) is 29.1 Å². The summed E-state index contributed by atoms with van der Waals surface area (Å²) in [5.41, 5.74) is 10.4. The van der Waals surface area contributed by atoms with Crippen LogP contribution in [0.1, 0.15) is 94.1 Å². The molecule has 0 bridgehead atoms. The summed E-state index contributed by atoms with van der Waals surface area (Å²) in [6.07, 6.45) is 11.7. The van der Waals surface area contributed by atoms with E-state index in [1.54, 1.807) is 0 Å². The number of unbranched alkanes of at least 4 members (excludes halogenated alkanes) is 4. The summed E-state index contributed by atoms with van der Waals surface area (Å²) in [4.78, 5) is 4.93. The molecule has 5 nitrogen and oxygen atoms in total. The van der Waals surface area contributed by atoms with Crippen LogP contribution in [0.25, 0.3) is 44.4 Å².